The van der Waals surface area contributed by atoms with Gasteiger partial charge in [0, 0.05) is 4.70 Å². The normalized spacial score (nSPS) is 13.9. The van der Waals surface area contributed by atoms with Gasteiger partial charge >= 0.3 is 0 Å². The molecule has 0 fully saturated rings. The Bertz CT molecular complexity index is 631. The van der Waals surface area contributed by atoms with Crippen LogP contribution in [0.4, 0.5) is 0 Å². The summed E-state index contributed by atoms with van der Waals surface area (Å²) in [5.74, 6) is 0.287. The molecule has 0 aliphatic carbocycles. The van der Waals surface area contributed by atoms with E-state index < -0.39 is 9.84 Å². The van der Waals surface area contributed by atoms with Gasteiger partial charge in [-0.05, 0) is 34.9 Å². The molecule has 0 radical (unpaired) electrons. The summed E-state index contributed by atoms with van der Waals surface area (Å²) in [6, 6.07) is 7.89. The number of nitrogens with two attached hydrogens (primary N) is 1. The molecule has 0 saturated carbocycles. The lowest BCUT2D eigenvalue weighted by Gasteiger charge is -2.08. The van der Waals surface area contributed by atoms with Crippen molar-refractivity contribution < 1.29 is 8.42 Å². The number of hydrogen-bond acceptors (Lipinski definition) is 4. The van der Waals surface area contributed by atoms with Gasteiger partial charge in [-0.3, -0.25) is 0 Å². The summed E-state index contributed by atoms with van der Waals surface area (Å²) in [4.78, 5) is 0. The Kier molecular flexibility index (Phi) is 4.04. The third-order valence-corrected chi connectivity index (χ3v) is 5.72. The van der Waals surface area contributed by atoms with E-state index in [1.165, 1.54) is 0 Å². The first kappa shape index (κ1) is 13.5. The van der Waals surface area contributed by atoms with Crippen LogP contribution in [0.2, 0.25) is 0 Å². The Morgan fingerprint density at radius 2 is 2.06 bits per heavy atom. The van der Waals surface area contributed by atoms with E-state index in [0.29, 0.717) is 6.54 Å². The second-order valence-corrected chi connectivity index (χ2v) is 7.67. The quantitative estimate of drug-likeness (QED) is 0.916. The topological polar surface area (TPSA) is 60.2 Å². The van der Waals surface area contributed by atoms with E-state index in [1.807, 2.05) is 36.6 Å². The van der Waals surface area contributed by atoms with Crippen LogP contribution >= 0.6 is 11.3 Å². The molecule has 0 amide bonds. The van der Waals surface area contributed by atoms with Gasteiger partial charge in [-0.2, -0.15) is 0 Å². The number of sulfone groups is 1. The predicted molar refractivity (Wildman–Crippen MR) is 77.5 cm³/mol. The largest absolute Gasteiger partial charge is 0.330 e. The van der Waals surface area contributed by atoms with E-state index in [1.54, 1.807) is 11.3 Å². The molecule has 0 bridgehead atoms. The van der Waals surface area contributed by atoms with E-state index in [4.69, 9.17) is 5.73 Å². The minimum absolute atomic E-state index is 0.0138. The molecule has 1 atom stereocenters. The molecule has 2 rings (SSSR count). The van der Waals surface area contributed by atoms with Crippen molar-refractivity contribution in [1.82, 2.24) is 0 Å². The molecule has 5 heteroatoms. The lowest BCUT2D eigenvalue weighted by Crippen LogP contribution is -2.22. The van der Waals surface area contributed by atoms with Gasteiger partial charge in [-0.1, -0.05) is 25.1 Å². The van der Waals surface area contributed by atoms with Crippen LogP contribution in [-0.4, -0.2) is 20.7 Å². The molecular formula is C13H17NO2S2. The summed E-state index contributed by atoms with van der Waals surface area (Å²) in [6.45, 7) is 2.27. The average molecular weight is 283 g/mol. The van der Waals surface area contributed by atoms with Crippen LogP contribution < -0.4 is 5.73 Å². The van der Waals surface area contributed by atoms with Crippen LogP contribution in [0.25, 0.3) is 10.1 Å². The van der Waals surface area contributed by atoms with E-state index in [9.17, 15) is 8.42 Å². The molecular weight excluding hydrogens is 266 g/mol. The summed E-state index contributed by atoms with van der Waals surface area (Å²) < 4.78 is 25.3. The van der Waals surface area contributed by atoms with E-state index in [-0.39, 0.29) is 17.4 Å². The number of rotatable bonds is 5. The molecule has 0 saturated heterocycles. The van der Waals surface area contributed by atoms with Crippen molar-refractivity contribution in [2.75, 3.05) is 12.3 Å². The number of benzene rings is 1. The molecule has 3 nitrogen and oxygen atoms in total. The highest BCUT2D eigenvalue weighted by molar-refractivity contribution is 7.90. The molecule has 0 aliphatic heterocycles. The zero-order valence-electron chi connectivity index (χ0n) is 10.3. The van der Waals surface area contributed by atoms with E-state index in [0.717, 1.165) is 15.6 Å². The fraction of sp³-hybridized carbons (Fsp3) is 0.385. The van der Waals surface area contributed by atoms with Crippen LogP contribution in [0, 0.1) is 5.92 Å². The molecule has 1 unspecified atom stereocenters. The third-order valence-electron chi connectivity index (χ3n) is 2.88. The van der Waals surface area contributed by atoms with Crippen molar-refractivity contribution in [3.8, 4) is 0 Å². The van der Waals surface area contributed by atoms with Crippen molar-refractivity contribution >= 4 is 31.3 Å². The summed E-state index contributed by atoms with van der Waals surface area (Å²) in [7, 11) is -3.08. The lowest BCUT2D eigenvalue weighted by molar-refractivity contribution is 0.573. The van der Waals surface area contributed by atoms with Crippen molar-refractivity contribution in [1.29, 1.82) is 0 Å². The summed E-state index contributed by atoms with van der Waals surface area (Å²) in [5, 5.41) is 2.99. The van der Waals surface area contributed by atoms with Gasteiger partial charge in [-0.25, -0.2) is 8.42 Å². The third kappa shape index (κ3) is 3.10. The monoisotopic (exact) mass is 283 g/mol. The smallest absolute Gasteiger partial charge is 0.154 e. The zero-order chi connectivity index (χ0) is 13.2. The molecule has 18 heavy (non-hydrogen) atoms. The fourth-order valence-corrected chi connectivity index (χ4v) is 4.84. The Morgan fingerprint density at radius 1 is 1.33 bits per heavy atom. The molecule has 1 aromatic carbocycles. The van der Waals surface area contributed by atoms with Gasteiger partial charge < -0.3 is 5.73 Å². The summed E-state index contributed by atoms with van der Waals surface area (Å²) >= 11 is 1.59. The fourth-order valence-electron chi connectivity index (χ4n) is 1.94. The van der Waals surface area contributed by atoms with E-state index in [2.05, 4.69) is 0 Å². The van der Waals surface area contributed by atoms with Gasteiger partial charge in [0.05, 0.1) is 11.5 Å². The van der Waals surface area contributed by atoms with Crippen LogP contribution in [0.1, 0.15) is 12.5 Å². The molecule has 2 aromatic rings. The van der Waals surface area contributed by atoms with Crippen LogP contribution in [0.3, 0.4) is 0 Å². The molecule has 1 aromatic heterocycles. The average Bonchev–Trinajstić information content (AvgIpc) is 2.71. The van der Waals surface area contributed by atoms with Gasteiger partial charge in [0.1, 0.15) is 0 Å². The first-order valence-corrected chi connectivity index (χ1v) is 8.57. The number of thiophene rings is 1. The van der Waals surface area contributed by atoms with Crippen LogP contribution in [0.15, 0.2) is 29.6 Å². The zero-order valence-corrected chi connectivity index (χ0v) is 11.9. The SMILES string of the molecule is CC(CN)CS(=O)(=O)Cc1csc2ccccc12. The predicted octanol–water partition coefficient (Wildman–Crippen LogP) is 2.41. The maximum absolute atomic E-state index is 12.1. The molecule has 98 valence electrons. The Morgan fingerprint density at radius 3 is 2.78 bits per heavy atom. The molecule has 2 N–H and O–H groups in total. The van der Waals surface area contributed by atoms with Crippen molar-refractivity contribution in [2.45, 2.75) is 12.7 Å². The second-order valence-electron chi connectivity index (χ2n) is 4.65. The Hall–Kier alpha value is -0.910. The highest BCUT2D eigenvalue weighted by atomic mass is 32.2. The Balaban J connectivity index is 2.23. The first-order valence-electron chi connectivity index (χ1n) is 5.87. The number of hydrogen-bond donors (Lipinski definition) is 1. The van der Waals surface area contributed by atoms with Crippen LogP contribution in [0.5, 0.6) is 0 Å². The Labute approximate surface area is 112 Å². The van der Waals surface area contributed by atoms with Gasteiger partial charge in [-0.15, -0.1) is 11.3 Å². The van der Waals surface area contributed by atoms with Crippen molar-refractivity contribution in [3.63, 3.8) is 0 Å². The summed E-state index contributed by atoms with van der Waals surface area (Å²) in [5.41, 5.74) is 6.38. The molecule has 0 aliphatic rings. The lowest BCUT2D eigenvalue weighted by atomic mass is 10.2. The van der Waals surface area contributed by atoms with Gasteiger partial charge in [0.25, 0.3) is 0 Å². The van der Waals surface area contributed by atoms with Crippen molar-refractivity contribution in [2.24, 2.45) is 11.7 Å². The van der Waals surface area contributed by atoms with E-state index >= 15 is 0 Å². The van der Waals surface area contributed by atoms with Gasteiger partial charge in [0.15, 0.2) is 9.84 Å². The van der Waals surface area contributed by atoms with Crippen LogP contribution in [-0.2, 0) is 15.6 Å². The highest BCUT2D eigenvalue weighted by Crippen LogP contribution is 2.27. The minimum Gasteiger partial charge on any atom is -0.330 e. The minimum atomic E-state index is -3.08. The maximum atomic E-state index is 12.1. The van der Waals surface area contributed by atoms with Crippen molar-refractivity contribution in [3.05, 3.63) is 35.2 Å². The second kappa shape index (κ2) is 5.38. The van der Waals surface area contributed by atoms with Gasteiger partial charge in [0.2, 0.25) is 0 Å². The summed E-state index contributed by atoms with van der Waals surface area (Å²) in [6.07, 6.45) is 0. The number of fused-ring (bicyclic) bond motifs is 1. The standard InChI is InChI=1S/C13H17NO2S2/c1-10(6-14)8-18(15,16)9-11-7-17-13-5-3-2-4-12(11)13/h2-5,7,10H,6,8-9,14H2,1H3. The maximum Gasteiger partial charge on any atom is 0.154 e. The molecule has 0 spiro atoms. The highest BCUT2D eigenvalue weighted by Gasteiger charge is 2.17. The molecule has 1 heterocycles. The first-order chi connectivity index (χ1) is 8.52.